The van der Waals surface area contributed by atoms with Crippen LogP contribution in [-0.4, -0.2) is 29.9 Å². The Balaban J connectivity index is 2.12. The lowest BCUT2D eigenvalue weighted by Crippen LogP contribution is -2.20. The number of ether oxygens (including phenoxy) is 1. The molecule has 14 heavy (non-hydrogen) atoms. The van der Waals surface area contributed by atoms with E-state index in [4.69, 9.17) is 0 Å². The summed E-state index contributed by atoms with van der Waals surface area (Å²) in [6.07, 6.45) is 6.84. The molecule has 0 aromatic heterocycles. The molecule has 1 saturated heterocycles. The van der Waals surface area contributed by atoms with Gasteiger partial charge in [0, 0.05) is 25.4 Å². The molecule has 74 valence electrons. The Bertz CT molecular complexity index is 324. The van der Waals surface area contributed by atoms with Crippen LogP contribution in [0.2, 0.25) is 0 Å². The number of likely N-dealkylation sites (tertiary alicyclic amines) is 1. The van der Waals surface area contributed by atoms with Gasteiger partial charge in [0.1, 0.15) is 0 Å². The molecule has 0 aliphatic carbocycles. The molecule has 2 aliphatic heterocycles. The monoisotopic (exact) mass is 193 g/mol. The fraction of sp³-hybridized carbons (Fsp3) is 0.400. The van der Waals surface area contributed by atoms with Crippen LogP contribution >= 0.6 is 0 Å². The highest BCUT2D eigenvalue weighted by atomic mass is 16.6. The first-order valence-electron chi connectivity index (χ1n) is 4.66. The summed E-state index contributed by atoms with van der Waals surface area (Å²) in [5, 5.41) is 0. The normalized spacial score (nSPS) is 24.6. The molecule has 0 saturated carbocycles. The molecule has 1 fully saturated rings. The fourth-order valence-electron chi connectivity index (χ4n) is 1.57. The molecule has 2 heterocycles. The van der Waals surface area contributed by atoms with Crippen LogP contribution in [0, 0.1) is 0 Å². The van der Waals surface area contributed by atoms with Crippen molar-refractivity contribution in [3.63, 3.8) is 0 Å². The zero-order valence-corrected chi connectivity index (χ0v) is 7.73. The Morgan fingerprint density at radius 3 is 2.57 bits per heavy atom. The third kappa shape index (κ3) is 1.84. The van der Waals surface area contributed by atoms with Gasteiger partial charge in [-0.15, -0.1) is 0 Å². The largest absolute Gasteiger partial charge is 0.386 e. The van der Waals surface area contributed by atoms with Crippen LogP contribution in [-0.2, 0) is 14.3 Å². The number of rotatable bonds is 1. The number of esters is 2. The topological polar surface area (TPSA) is 46.6 Å². The van der Waals surface area contributed by atoms with Crippen LogP contribution in [0.5, 0.6) is 0 Å². The van der Waals surface area contributed by atoms with E-state index in [-0.39, 0.29) is 0 Å². The van der Waals surface area contributed by atoms with Crippen molar-refractivity contribution in [3.8, 4) is 0 Å². The molecule has 0 aromatic rings. The highest BCUT2D eigenvalue weighted by Crippen LogP contribution is 2.13. The maximum atomic E-state index is 11.2. The van der Waals surface area contributed by atoms with Crippen molar-refractivity contribution < 1.29 is 14.3 Å². The van der Waals surface area contributed by atoms with Crippen LogP contribution in [0.25, 0.3) is 0 Å². The van der Waals surface area contributed by atoms with Crippen LogP contribution < -0.4 is 0 Å². The highest BCUT2D eigenvalue weighted by molar-refractivity contribution is 6.05. The van der Waals surface area contributed by atoms with Gasteiger partial charge in [-0.1, -0.05) is 0 Å². The van der Waals surface area contributed by atoms with Gasteiger partial charge in [0.25, 0.3) is 0 Å². The third-order valence-corrected chi connectivity index (χ3v) is 2.29. The lowest BCUT2D eigenvalue weighted by atomic mass is 10.2. The Kier molecular flexibility index (Phi) is 2.35. The molecule has 0 amide bonds. The van der Waals surface area contributed by atoms with E-state index in [1.54, 1.807) is 6.20 Å². The molecule has 0 spiro atoms. The minimum absolute atomic E-state index is 0.450. The lowest BCUT2D eigenvalue weighted by molar-refractivity contribution is -0.153. The van der Waals surface area contributed by atoms with E-state index < -0.39 is 11.9 Å². The number of hydrogen-bond donors (Lipinski definition) is 0. The van der Waals surface area contributed by atoms with Gasteiger partial charge in [0.15, 0.2) is 0 Å². The van der Waals surface area contributed by atoms with Crippen molar-refractivity contribution in [2.24, 2.45) is 0 Å². The second-order valence-electron chi connectivity index (χ2n) is 3.37. The van der Waals surface area contributed by atoms with Gasteiger partial charge < -0.3 is 9.64 Å². The first-order valence-corrected chi connectivity index (χ1v) is 4.66. The van der Waals surface area contributed by atoms with E-state index in [9.17, 15) is 9.59 Å². The molecular formula is C10H11NO3. The zero-order chi connectivity index (χ0) is 9.97. The number of carbonyl (C=O) groups excluding carboxylic acids is 2. The average molecular weight is 193 g/mol. The van der Waals surface area contributed by atoms with Gasteiger partial charge in [0.2, 0.25) is 0 Å². The summed E-state index contributed by atoms with van der Waals surface area (Å²) in [6, 6.07) is 0. The van der Waals surface area contributed by atoms with Crippen LogP contribution in [0.15, 0.2) is 23.9 Å². The summed E-state index contributed by atoms with van der Waals surface area (Å²) in [4.78, 5) is 24.0. The SMILES string of the molecule is O=C1C=C/C(=C\N2CCCC2)C(=O)O1. The summed E-state index contributed by atoms with van der Waals surface area (Å²) in [5.41, 5.74) is 0.450. The minimum Gasteiger partial charge on any atom is -0.386 e. The number of nitrogens with zero attached hydrogens (tertiary/aromatic N) is 1. The van der Waals surface area contributed by atoms with E-state index in [1.165, 1.54) is 12.2 Å². The van der Waals surface area contributed by atoms with Crippen LogP contribution in [0.3, 0.4) is 0 Å². The van der Waals surface area contributed by atoms with Gasteiger partial charge in [0.05, 0.1) is 5.57 Å². The van der Waals surface area contributed by atoms with Crippen molar-refractivity contribution >= 4 is 11.9 Å². The summed E-state index contributed by atoms with van der Waals surface area (Å²) < 4.78 is 4.45. The molecule has 0 radical (unpaired) electrons. The number of carbonyl (C=O) groups is 2. The zero-order valence-electron chi connectivity index (χ0n) is 7.73. The Morgan fingerprint density at radius 2 is 1.93 bits per heavy atom. The molecule has 2 aliphatic rings. The summed E-state index contributed by atoms with van der Waals surface area (Å²) in [7, 11) is 0. The molecule has 0 unspecified atom stereocenters. The Labute approximate surface area is 81.8 Å². The lowest BCUT2D eigenvalue weighted by Gasteiger charge is -2.13. The standard InChI is InChI=1S/C10H11NO3/c12-9-4-3-8(10(13)14-9)7-11-5-1-2-6-11/h3-4,7H,1-2,5-6H2/b8-7+. The average Bonchev–Trinajstić information content (AvgIpc) is 2.62. The van der Waals surface area contributed by atoms with E-state index in [2.05, 4.69) is 9.64 Å². The summed E-state index contributed by atoms with van der Waals surface area (Å²) in [5.74, 6) is -1.14. The van der Waals surface area contributed by atoms with E-state index in [0.717, 1.165) is 25.9 Å². The number of cyclic esters (lactones) is 2. The van der Waals surface area contributed by atoms with E-state index >= 15 is 0 Å². The smallest absolute Gasteiger partial charge is 0.347 e. The second-order valence-corrected chi connectivity index (χ2v) is 3.37. The quantitative estimate of drug-likeness (QED) is 0.347. The summed E-state index contributed by atoms with van der Waals surface area (Å²) >= 11 is 0. The van der Waals surface area contributed by atoms with Crippen molar-refractivity contribution in [2.45, 2.75) is 12.8 Å². The van der Waals surface area contributed by atoms with Crippen molar-refractivity contribution in [2.75, 3.05) is 13.1 Å². The van der Waals surface area contributed by atoms with Crippen LogP contribution in [0.1, 0.15) is 12.8 Å². The third-order valence-electron chi connectivity index (χ3n) is 2.29. The first kappa shape index (κ1) is 8.99. The molecular weight excluding hydrogens is 182 g/mol. The first-order chi connectivity index (χ1) is 6.75. The van der Waals surface area contributed by atoms with Crippen molar-refractivity contribution in [1.29, 1.82) is 0 Å². The molecule has 0 atom stereocenters. The molecule has 0 aromatic carbocycles. The van der Waals surface area contributed by atoms with Gasteiger partial charge in [-0.05, 0) is 18.9 Å². The minimum atomic E-state index is -0.589. The molecule has 0 N–H and O–H groups in total. The highest BCUT2D eigenvalue weighted by Gasteiger charge is 2.19. The van der Waals surface area contributed by atoms with Crippen molar-refractivity contribution in [3.05, 3.63) is 23.9 Å². The molecule has 4 nitrogen and oxygen atoms in total. The summed E-state index contributed by atoms with van der Waals surface area (Å²) in [6.45, 7) is 1.94. The van der Waals surface area contributed by atoms with E-state index in [0.29, 0.717) is 5.57 Å². The van der Waals surface area contributed by atoms with E-state index in [1.807, 2.05) is 0 Å². The van der Waals surface area contributed by atoms with Gasteiger partial charge in [-0.3, -0.25) is 0 Å². The molecule has 0 bridgehead atoms. The Hall–Kier alpha value is -1.58. The maximum Gasteiger partial charge on any atom is 0.347 e. The van der Waals surface area contributed by atoms with Gasteiger partial charge in [-0.2, -0.15) is 0 Å². The Morgan fingerprint density at radius 1 is 1.21 bits per heavy atom. The molecule has 4 heteroatoms. The maximum absolute atomic E-state index is 11.2. The molecule has 2 rings (SSSR count). The number of hydrogen-bond acceptors (Lipinski definition) is 4. The fourth-order valence-corrected chi connectivity index (χ4v) is 1.57. The van der Waals surface area contributed by atoms with Gasteiger partial charge in [-0.25, -0.2) is 9.59 Å². The van der Waals surface area contributed by atoms with Crippen LogP contribution in [0.4, 0.5) is 0 Å². The van der Waals surface area contributed by atoms with Gasteiger partial charge >= 0.3 is 11.9 Å². The predicted octanol–water partition coefficient (Wildman–Crippen LogP) is 0.606. The second kappa shape index (κ2) is 3.65. The predicted molar refractivity (Wildman–Crippen MR) is 49.1 cm³/mol. The van der Waals surface area contributed by atoms with Crippen molar-refractivity contribution in [1.82, 2.24) is 4.90 Å².